The Kier molecular flexibility index (Phi) is 6.24. The third kappa shape index (κ3) is 5.80. The minimum atomic E-state index is -0.467. The van der Waals surface area contributed by atoms with Crippen LogP contribution in [0.4, 0.5) is 4.79 Å². The average Bonchev–Trinajstić information content (AvgIpc) is 2.95. The van der Waals surface area contributed by atoms with E-state index in [4.69, 9.17) is 9.47 Å². The molecule has 134 valence electrons. The molecule has 0 spiro atoms. The maximum absolute atomic E-state index is 12.0. The summed E-state index contributed by atoms with van der Waals surface area (Å²) in [5, 5.41) is 0. The summed E-state index contributed by atoms with van der Waals surface area (Å²) in [5.41, 5.74) is 1.92. The third-order valence-electron chi connectivity index (χ3n) is 4.12. The summed E-state index contributed by atoms with van der Waals surface area (Å²) in [7, 11) is 3.54. The fourth-order valence-electron chi connectivity index (χ4n) is 2.82. The second kappa shape index (κ2) is 7.99. The first kappa shape index (κ1) is 18.7. The van der Waals surface area contributed by atoms with Gasteiger partial charge in [-0.25, -0.2) is 4.79 Å². The largest absolute Gasteiger partial charge is 0.444 e. The van der Waals surface area contributed by atoms with Crippen molar-refractivity contribution in [2.75, 3.05) is 27.2 Å². The highest BCUT2D eigenvalue weighted by atomic mass is 16.6. The van der Waals surface area contributed by atoms with Gasteiger partial charge >= 0.3 is 6.09 Å². The average molecular weight is 334 g/mol. The zero-order chi connectivity index (χ0) is 17.7. The van der Waals surface area contributed by atoms with Crippen molar-refractivity contribution in [2.45, 2.75) is 52.0 Å². The Labute approximate surface area is 145 Å². The van der Waals surface area contributed by atoms with Crippen molar-refractivity contribution in [3.8, 4) is 0 Å². The summed E-state index contributed by atoms with van der Waals surface area (Å²) >= 11 is 0. The normalized spacial score (nSPS) is 18.6. The maximum atomic E-state index is 12.0. The van der Waals surface area contributed by atoms with E-state index < -0.39 is 5.60 Å². The molecule has 1 fully saturated rings. The molecule has 1 saturated heterocycles. The minimum Gasteiger partial charge on any atom is -0.444 e. The first-order valence-corrected chi connectivity index (χ1v) is 8.54. The van der Waals surface area contributed by atoms with Gasteiger partial charge in [0.25, 0.3) is 0 Å². The van der Waals surface area contributed by atoms with Crippen molar-refractivity contribution in [1.29, 1.82) is 0 Å². The highest BCUT2D eigenvalue weighted by molar-refractivity contribution is 5.67. The lowest BCUT2D eigenvalue weighted by molar-refractivity contribution is 0.0285. The Morgan fingerprint density at radius 2 is 1.88 bits per heavy atom. The Morgan fingerprint density at radius 3 is 2.42 bits per heavy atom. The molecule has 0 saturated carbocycles. The van der Waals surface area contributed by atoms with E-state index in [2.05, 4.69) is 29.2 Å². The van der Waals surface area contributed by atoms with E-state index in [1.165, 1.54) is 5.56 Å². The van der Waals surface area contributed by atoms with Crippen LogP contribution in [0.5, 0.6) is 0 Å². The molecule has 0 unspecified atom stereocenters. The molecule has 1 aromatic rings. The quantitative estimate of drug-likeness (QED) is 0.829. The Bertz CT molecular complexity index is 537. The van der Waals surface area contributed by atoms with E-state index in [9.17, 15) is 4.79 Å². The molecule has 24 heavy (non-hydrogen) atoms. The summed E-state index contributed by atoms with van der Waals surface area (Å²) in [6.07, 6.45) is 1.18. The van der Waals surface area contributed by atoms with Gasteiger partial charge in [-0.05, 0) is 38.3 Å². The maximum Gasteiger partial charge on any atom is 0.410 e. The van der Waals surface area contributed by atoms with E-state index >= 15 is 0 Å². The molecule has 0 aromatic heterocycles. The van der Waals surface area contributed by atoms with Crippen LogP contribution >= 0.6 is 0 Å². The van der Waals surface area contributed by atoms with Gasteiger partial charge in [-0.2, -0.15) is 0 Å². The van der Waals surface area contributed by atoms with Gasteiger partial charge in [-0.3, -0.25) is 4.90 Å². The van der Waals surface area contributed by atoms with Crippen LogP contribution in [-0.2, 0) is 22.6 Å². The molecule has 5 heteroatoms. The SMILES string of the molecule is CO[C@@H]1CCN(Cc2ccc(CN(C)C(=O)OC(C)(C)C)cc2)C1. The molecular formula is C19H30N2O3. The fourth-order valence-corrected chi connectivity index (χ4v) is 2.82. The highest BCUT2D eigenvalue weighted by Gasteiger charge is 2.22. The number of benzene rings is 1. The smallest absolute Gasteiger partial charge is 0.410 e. The van der Waals surface area contributed by atoms with Crippen LogP contribution in [0, 0.1) is 0 Å². The third-order valence-corrected chi connectivity index (χ3v) is 4.12. The number of hydrogen-bond acceptors (Lipinski definition) is 4. The predicted octanol–water partition coefficient (Wildman–Crippen LogP) is 3.27. The first-order valence-electron chi connectivity index (χ1n) is 8.54. The molecule has 0 bridgehead atoms. The van der Waals surface area contributed by atoms with Gasteiger partial charge in [-0.15, -0.1) is 0 Å². The lowest BCUT2D eigenvalue weighted by Crippen LogP contribution is -2.33. The number of carbonyl (C=O) groups is 1. The number of ether oxygens (including phenoxy) is 2. The van der Waals surface area contributed by atoms with Crippen molar-refractivity contribution in [3.63, 3.8) is 0 Å². The van der Waals surface area contributed by atoms with Gasteiger partial charge in [0.1, 0.15) is 5.60 Å². The first-order chi connectivity index (χ1) is 11.3. The van der Waals surface area contributed by atoms with Gasteiger partial charge in [0.15, 0.2) is 0 Å². The van der Waals surface area contributed by atoms with Crippen molar-refractivity contribution in [3.05, 3.63) is 35.4 Å². The van der Waals surface area contributed by atoms with E-state index in [1.54, 1.807) is 19.1 Å². The number of amides is 1. The van der Waals surface area contributed by atoms with E-state index in [0.29, 0.717) is 12.6 Å². The molecule has 0 aliphatic carbocycles. The Hall–Kier alpha value is -1.59. The molecule has 1 aliphatic rings. The number of methoxy groups -OCH3 is 1. The van der Waals surface area contributed by atoms with Gasteiger partial charge in [0.05, 0.1) is 6.10 Å². The molecule has 1 atom stereocenters. The van der Waals surface area contributed by atoms with Crippen LogP contribution in [0.2, 0.25) is 0 Å². The molecule has 2 rings (SSSR count). The fraction of sp³-hybridized carbons (Fsp3) is 0.632. The van der Waals surface area contributed by atoms with Crippen LogP contribution in [0.1, 0.15) is 38.3 Å². The minimum absolute atomic E-state index is 0.297. The molecule has 5 nitrogen and oxygen atoms in total. The standard InChI is InChI=1S/C19H30N2O3/c1-19(2,3)24-18(22)20(4)12-15-6-8-16(9-7-15)13-21-11-10-17(14-21)23-5/h6-9,17H,10-14H2,1-5H3/t17-/m1/s1. The van der Waals surface area contributed by atoms with E-state index in [0.717, 1.165) is 31.6 Å². The molecule has 0 radical (unpaired) electrons. The Balaban J connectivity index is 1.84. The van der Waals surface area contributed by atoms with Crippen LogP contribution in [0.15, 0.2) is 24.3 Å². The van der Waals surface area contributed by atoms with Gasteiger partial charge in [-0.1, -0.05) is 24.3 Å². The summed E-state index contributed by atoms with van der Waals surface area (Å²) in [6.45, 7) is 9.20. The van der Waals surface area contributed by atoms with E-state index in [-0.39, 0.29) is 6.09 Å². The second-order valence-electron chi connectivity index (χ2n) is 7.53. The lowest BCUT2D eigenvalue weighted by Gasteiger charge is -2.24. The molecule has 1 amide bonds. The molecule has 1 aliphatic heterocycles. The summed E-state index contributed by atoms with van der Waals surface area (Å²) in [5.74, 6) is 0. The number of hydrogen-bond donors (Lipinski definition) is 0. The summed E-state index contributed by atoms with van der Waals surface area (Å²) in [6, 6.07) is 8.44. The Morgan fingerprint density at radius 1 is 1.25 bits per heavy atom. The van der Waals surface area contributed by atoms with Gasteiger partial charge in [0.2, 0.25) is 0 Å². The lowest BCUT2D eigenvalue weighted by atomic mass is 10.1. The molecular weight excluding hydrogens is 304 g/mol. The second-order valence-corrected chi connectivity index (χ2v) is 7.53. The topological polar surface area (TPSA) is 42.0 Å². The van der Waals surface area contributed by atoms with Crippen LogP contribution in [0.3, 0.4) is 0 Å². The molecule has 0 N–H and O–H groups in total. The number of carbonyl (C=O) groups excluding carboxylic acids is 1. The van der Waals surface area contributed by atoms with Gasteiger partial charge in [0, 0.05) is 40.3 Å². The van der Waals surface area contributed by atoms with Crippen LogP contribution in [-0.4, -0.2) is 54.8 Å². The molecule has 1 heterocycles. The van der Waals surface area contributed by atoms with Crippen LogP contribution < -0.4 is 0 Å². The molecule has 1 aromatic carbocycles. The van der Waals surface area contributed by atoms with Crippen molar-refractivity contribution in [2.24, 2.45) is 0 Å². The van der Waals surface area contributed by atoms with Crippen LogP contribution in [0.25, 0.3) is 0 Å². The van der Waals surface area contributed by atoms with Crippen molar-refractivity contribution in [1.82, 2.24) is 9.80 Å². The monoisotopic (exact) mass is 334 g/mol. The van der Waals surface area contributed by atoms with Crippen molar-refractivity contribution < 1.29 is 14.3 Å². The van der Waals surface area contributed by atoms with E-state index in [1.807, 2.05) is 20.8 Å². The zero-order valence-electron chi connectivity index (χ0n) is 15.5. The zero-order valence-corrected chi connectivity index (χ0v) is 15.5. The summed E-state index contributed by atoms with van der Waals surface area (Å²) in [4.78, 5) is 16.0. The van der Waals surface area contributed by atoms with Crippen molar-refractivity contribution >= 4 is 6.09 Å². The highest BCUT2D eigenvalue weighted by Crippen LogP contribution is 2.16. The number of nitrogens with zero attached hydrogens (tertiary/aromatic N) is 2. The summed E-state index contributed by atoms with van der Waals surface area (Å²) < 4.78 is 10.8. The van der Waals surface area contributed by atoms with Gasteiger partial charge < -0.3 is 14.4 Å². The predicted molar refractivity (Wildman–Crippen MR) is 94.8 cm³/mol. The number of rotatable bonds is 5. The number of likely N-dealkylation sites (tertiary alicyclic amines) is 1.